The summed E-state index contributed by atoms with van der Waals surface area (Å²) < 4.78 is 1.61. The summed E-state index contributed by atoms with van der Waals surface area (Å²) in [5.74, 6) is 1.03. The second-order valence-corrected chi connectivity index (χ2v) is 7.24. The second kappa shape index (κ2) is 8.32. The summed E-state index contributed by atoms with van der Waals surface area (Å²) >= 11 is 7.22. The largest absolute Gasteiger partial charge is 0.298 e. The number of thioether (sulfide) groups is 1. The Labute approximate surface area is 169 Å². The molecule has 0 amide bonds. The fourth-order valence-corrected chi connectivity index (χ4v) is 3.36. The normalized spacial score (nSPS) is 10.9. The first-order chi connectivity index (χ1) is 13.7. The molecule has 140 valence electrons. The molecule has 0 radical (unpaired) electrons. The van der Waals surface area contributed by atoms with E-state index in [4.69, 9.17) is 11.6 Å². The van der Waals surface area contributed by atoms with Gasteiger partial charge in [-0.25, -0.2) is 0 Å². The molecule has 4 aromatic rings. The maximum Gasteiger partial charge on any atom is 0.273 e. The highest BCUT2D eigenvalue weighted by Crippen LogP contribution is 2.19. The van der Waals surface area contributed by atoms with Crippen molar-refractivity contribution >= 4 is 23.4 Å². The van der Waals surface area contributed by atoms with E-state index in [1.165, 1.54) is 11.8 Å². The van der Waals surface area contributed by atoms with Gasteiger partial charge in [0.1, 0.15) is 5.69 Å². The smallest absolute Gasteiger partial charge is 0.273 e. The standard InChI is InChI=1S/C18H14ClN7OS/c19-13-6-8-14(9-7-13)26-16(22-24-25-26)11-28-18-20-17(27)15(21-23-18)10-12-4-2-1-3-5-12/h1-9H,10-11H2,(H,20,23,27). The van der Waals surface area contributed by atoms with Crippen LogP contribution in [0.3, 0.4) is 0 Å². The molecule has 0 bridgehead atoms. The Bertz CT molecular complexity index is 1130. The minimum atomic E-state index is -0.251. The molecule has 28 heavy (non-hydrogen) atoms. The first-order valence-electron chi connectivity index (χ1n) is 8.35. The van der Waals surface area contributed by atoms with Crippen LogP contribution in [-0.2, 0) is 12.2 Å². The number of H-pyrrole nitrogens is 1. The third-order valence-corrected chi connectivity index (χ3v) is 5.01. The van der Waals surface area contributed by atoms with Crippen molar-refractivity contribution in [1.29, 1.82) is 0 Å². The number of benzene rings is 2. The molecular formula is C18H14ClN7OS. The Balaban J connectivity index is 1.46. The van der Waals surface area contributed by atoms with Gasteiger partial charge in [-0.15, -0.1) is 15.3 Å². The fourth-order valence-electron chi connectivity index (χ4n) is 2.53. The van der Waals surface area contributed by atoms with Crippen molar-refractivity contribution in [3.05, 3.63) is 87.1 Å². The molecule has 0 aliphatic carbocycles. The van der Waals surface area contributed by atoms with Crippen LogP contribution >= 0.6 is 23.4 Å². The summed E-state index contributed by atoms with van der Waals surface area (Å²) in [5, 5.41) is 21.0. The quantitative estimate of drug-likeness (QED) is 0.486. The SMILES string of the molecule is O=c1[nH]c(SCc2nnnn2-c2ccc(Cl)cc2)nnc1Cc1ccccc1. The molecule has 10 heteroatoms. The lowest BCUT2D eigenvalue weighted by molar-refractivity contribution is 0.767. The van der Waals surface area contributed by atoms with E-state index in [1.54, 1.807) is 16.8 Å². The zero-order valence-electron chi connectivity index (χ0n) is 14.5. The molecule has 0 unspecified atom stereocenters. The number of halogens is 1. The maximum atomic E-state index is 12.3. The fraction of sp³-hybridized carbons (Fsp3) is 0.111. The van der Waals surface area contributed by atoms with Gasteiger partial charge >= 0.3 is 0 Å². The Morgan fingerprint density at radius 1 is 1.00 bits per heavy atom. The summed E-state index contributed by atoms with van der Waals surface area (Å²) in [6.07, 6.45) is 0.433. The third kappa shape index (κ3) is 4.26. The lowest BCUT2D eigenvalue weighted by Gasteiger charge is -2.05. The zero-order valence-corrected chi connectivity index (χ0v) is 16.1. The van der Waals surface area contributed by atoms with E-state index in [2.05, 4.69) is 30.7 Å². The number of hydrogen-bond donors (Lipinski definition) is 1. The summed E-state index contributed by atoms with van der Waals surface area (Å²) in [6.45, 7) is 0. The number of nitrogens with zero attached hydrogens (tertiary/aromatic N) is 6. The first-order valence-corrected chi connectivity index (χ1v) is 9.71. The van der Waals surface area contributed by atoms with Crippen molar-refractivity contribution in [2.24, 2.45) is 0 Å². The Morgan fingerprint density at radius 2 is 1.79 bits per heavy atom. The molecule has 2 aromatic carbocycles. The van der Waals surface area contributed by atoms with E-state index in [-0.39, 0.29) is 5.56 Å². The average molecular weight is 412 g/mol. The van der Waals surface area contributed by atoms with Gasteiger partial charge in [0.25, 0.3) is 5.56 Å². The molecule has 1 N–H and O–H groups in total. The predicted molar refractivity (Wildman–Crippen MR) is 106 cm³/mol. The van der Waals surface area contributed by atoms with Gasteiger partial charge in [-0.2, -0.15) is 4.68 Å². The van der Waals surface area contributed by atoms with E-state index in [9.17, 15) is 4.79 Å². The van der Waals surface area contributed by atoms with Gasteiger partial charge in [0.05, 0.1) is 11.4 Å². The van der Waals surface area contributed by atoms with Crippen molar-refractivity contribution < 1.29 is 0 Å². The predicted octanol–water partition coefficient (Wildman–Crippen LogP) is 2.68. The van der Waals surface area contributed by atoms with Crippen molar-refractivity contribution in [2.75, 3.05) is 0 Å². The molecule has 0 saturated heterocycles. The highest BCUT2D eigenvalue weighted by atomic mass is 35.5. The molecule has 0 aliphatic rings. The minimum absolute atomic E-state index is 0.251. The van der Waals surface area contributed by atoms with Crippen LogP contribution in [0.2, 0.25) is 5.02 Å². The summed E-state index contributed by atoms with van der Waals surface area (Å²) in [5.41, 5.74) is 1.92. The number of nitrogens with one attached hydrogen (secondary N) is 1. The van der Waals surface area contributed by atoms with Crippen LogP contribution in [0.4, 0.5) is 0 Å². The van der Waals surface area contributed by atoms with E-state index >= 15 is 0 Å². The molecule has 0 atom stereocenters. The molecule has 4 rings (SSSR count). The van der Waals surface area contributed by atoms with Gasteiger partial charge in [0.2, 0.25) is 0 Å². The molecule has 2 aromatic heterocycles. The summed E-state index contributed by atoms with van der Waals surface area (Å²) in [6, 6.07) is 16.9. The number of hydrogen-bond acceptors (Lipinski definition) is 7. The van der Waals surface area contributed by atoms with Crippen LogP contribution in [-0.4, -0.2) is 35.4 Å². The summed E-state index contributed by atoms with van der Waals surface area (Å²) in [4.78, 5) is 15.1. The third-order valence-electron chi connectivity index (χ3n) is 3.90. The van der Waals surface area contributed by atoms with Crippen molar-refractivity contribution in [1.82, 2.24) is 35.4 Å². The van der Waals surface area contributed by atoms with E-state index < -0.39 is 0 Å². The molecule has 2 heterocycles. The topological polar surface area (TPSA) is 102 Å². The lowest BCUT2D eigenvalue weighted by atomic mass is 10.1. The highest BCUT2D eigenvalue weighted by molar-refractivity contribution is 7.98. The second-order valence-electron chi connectivity index (χ2n) is 5.84. The van der Waals surface area contributed by atoms with Crippen LogP contribution in [0.25, 0.3) is 5.69 Å². The van der Waals surface area contributed by atoms with E-state index in [1.807, 2.05) is 42.5 Å². The van der Waals surface area contributed by atoms with Crippen LogP contribution < -0.4 is 5.56 Å². The van der Waals surface area contributed by atoms with E-state index in [0.29, 0.717) is 33.9 Å². The number of rotatable bonds is 6. The van der Waals surface area contributed by atoms with Gasteiger partial charge in [-0.1, -0.05) is 53.7 Å². The van der Waals surface area contributed by atoms with Crippen molar-refractivity contribution in [2.45, 2.75) is 17.3 Å². The van der Waals surface area contributed by atoms with Gasteiger partial charge in [-0.3, -0.25) is 9.78 Å². The van der Waals surface area contributed by atoms with Crippen LogP contribution in [0.1, 0.15) is 17.1 Å². The molecule has 8 nitrogen and oxygen atoms in total. The Morgan fingerprint density at radius 3 is 2.54 bits per heavy atom. The molecule has 0 saturated carbocycles. The molecule has 0 aliphatic heterocycles. The van der Waals surface area contributed by atoms with E-state index in [0.717, 1.165) is 11.3 Å². The maximum absolute atomic E-state index is 12.3. The monoisotopic (exact) mass is 411 g/mol. The van der Waals surface area contributed by atoms with Crippen LogP contribution in [0.5, 0.6) is 0 Å². The van der Waals surface area contributed by atoms with Gasteiger partial charge < -0.3 is 0 Å². The number of aromatic amines is 1. The minimum Gasteiger partial charge on any atom is -0.298 e. The molecule has 0 fully saturated rings. The lowest BCUT2D eigenvalue weighted by Crippen LogP contribution is -2.18. The Hall–Kier alpha value is -3.04. The van der Waals surface area contributed by atoms with Gasteiger partial charge in [-0.05, 0) is 40.3 Å². The van der Waals surface area contributed by atoms with Crippen LogP contribution in [0, 0.1) is 0 Å². The Kier molecular flexibility index (Phi) is 5.45. The molecule has 0 spiro atoms. The molecular weight excluding hydrogens is 398 g/mol. The van der Waals surface area contributed by atoms with Crippen molar-refractivity contribution in [3.8, 4) is 5.69 Å². The number of aromatic nitrogens is 7. The first kappa shape index (κ1) is 18.3. The number of tetrazole rings is 1. The van der Waals surface area contributed by atoms with Gasteiger partial charge in [0, 0.05) is 11.4 Å². The highest BCUT2D eigenvalue weighted by Gasteiger charge is 2.11. The zero-order chi connectivity index (χ0) is 19.3. The van der Waals surface area contributed by atoms with Gasteiger partial charge in [0.15, 0.2) is 11.0 Å². The average Bonchev–Trinajstić information content (AvgIpc) is 3.18. The van der Waals surface area contributed by atoms with Crippen molar-refractivity contribution in [3.63, 3.8) is 0 Å². The van der Waals surface area contributed by atoms with Crippen LogP contribution in [0.15, 0.2) is 64.5 Å². The summed E-state index contributed by atoms with van der Waals surface area (Å²) in [7, 11) is 0.